The fourth-order valence-corrected chi connectivity index (χ4v) is 4.36. The van der Waals surface area contributed by atoms with E-state index in [-0.39, 0.29) is 29.1 Å². The average Bonchev–Trinajstić information content (AvgIpc) is 2.92. The second-order valence-electron chi connectivity index (χ2n) is 4.84. The first-order valence-corrected chi connectivity index (χ1v) is 8.71. The Morgan fingerprint density at radius 3 is 2.95 bits per heavy atom. The first-order valence-electron chi connectivity index (χ1n) is 6.09. The van der Waals surface area contributed by atoms with Crippen LogP contribution in [0, 0.1) is 0 Å². The molecule has 1 aliphatic rings. The summed E-state index contributed by atoms with van der Waals surface area (Å²) >= 11 is 3.35. The number of benzene rings is 1. The normalized spacial score (nSPS) is 21.1. The maximum Gasteiger partial charge on any atom is 0.272 e. The quantitative estimate of drug-likeness (QED) is 0.845. The molecule has 0 saturated carbocycles. The zero-order valence-corrected chi connectivity index (χ0v) is 12.8. The van der Waals surface area contributed by atoms with Gasteiger partial charge in [0, 0.05) is 15.9 Å². The van der Waals surface area contributed by atoms with Gasteiger partial charge in [-0.1, -0.05) is 15.9 Å². The van der Waals surface area contributed by atoms with Gasteiger partial charge in [0.1, 0.15) is 0 Å². The van der Waals surface area contributed by atoms with Gasteiger partial charge in [0.2, 0.25) is 0 Å². The SMILES string of the molecule is O=C(NC1CCS(=O)(=O)C1)c1n[nH]c2ccc(Br)cc12. The van der Waals surface area contributed by atoms with Gasteiger partial charge in [-0.25, -0.2) is 8.42 Å². The van der Waals surface area contributed by atoms with Gasteiger partial charge in [0.05, 0.1) is 17.0 Å². The van der Waals surface area contributed by atoms with Crippen LogP contribution in [0.2, 0.25) is 0 Å². The van der Waals surface area contributed by atoms with Gasteiger partial charge in [-0.05, 0) is 24.6 Å². The second-order valence-corrected chi connectivity index (χ2v) is 7.98. The van der Waals surface area contributed by atoms with Gasteiger partial charge in [-0.2, -0.15) is 5.10 Å². The number of sulfone groups is 1. The number of nitrogens with zero attached hydrogens (tertiary/aromatic N) is 1. The lowest BCUT2D eigenvalue weighted by atomic mass is 10.2. The highest BCUT2D eigenvalue weighted by molar-refractivity contribution is 9.10. The van der Waals surface area contributed by atoms with Crippen molar-refractivity contribution in [2.45, 2.75) is 12.5 Å². The molecule has 0 radical (unpaired) electrons. The topological polar surface area (TPSA) is 91.9 Å². The highest BCUT2D eigenvalue weighted by atomic mass is 79.9. The van der Waals surface area contributed by atoms with Crippen LogP contribution in [0.15, 0.2) is 22.7 Å². The van der Waals surface area contributed by atoms with Crippen LogP contribution in [0.25, 0.3) is 10.9 Å². The van der Waals surface area contributed by atoms with E-state index in [0.717, 1.165) is 9.99 Å². The fourth-order valence-electron chi connectivity index (χ4n) is 2.32. The Morgan fingerprint density at radius 2 is 2.25 bits per heavy atom. The largest absolute Gasteiger partial charge is 0.347 e. The molecule has 1 aliphatic heterocycles. The minimum absolute atomic E-state index is 0.00475. The fraction of sp³-hybridized carbons (Fsp3) is 0.333. The number of carbonyl (C=O) groups is 1. The Labute approximate surface area is 124 Å². The number of hydrogen-bond acceptors (Lipinski definition) is 4. The molecule has 2 heterocycles. The number of fused-ring (bicyclic) bond motifs is 1. The summed E-state index contributed by atoms with van der Waals surface area (Å²) in [4.78, 5) is 12.2. The number of nitrogens with one attached hydrogen (secondary N) is 2. The molecule has 20 heavy (non-hydrogen) atoms. The Balaban J connectivity index is 1.84. The number of hydrogen-bond donors (Lipinski definition) is 2. The highest BCUT2D eigenvalue weighted by Gasteiger charge is 2.29. The van der Waals surface area contributed by atoms with E-state index in [1.54, 1.807) is 6.07 Å². The van der Waals surface area contributed by atoms with Crippen LogP contribution in [0.1, 0.15) is 16.9 Å². The van der Waals surface area contributed by atoms with Crippen molar-refractivity contribution in [1.29, 1.82) is 0 Å². The summed E-state index contributed by atoms with van der Waals surface area (Å²) in [7, 11) is -3.01. The Bertz CT molecular complexity index is 784. The number of rotatable bonds is 2. The third kappa shape index (κ3) is 2.57. The molecule has 0 bridgehead atoms. The van der Waals surface area contributed by atoms with Crippen molar-refractivity contribution in [3.8, 4) is 0 Å². The van der Waals surface area contributed by atoms with Gasteiger partial charge in [-0.3, -0.25) is 9.89 Å². The van der Waals surface area contributed by atoms with Crippen molar-refractivity contribution in [2.24, 2.45) is 0 Å². The summed E-state index contributed by atoms with van der Waals surface area (Å²) in [5.41, 5.74) is 1.04. The second kappa shape index (κ2) is 4.85. The molecule has 1 fully saturated rings. The summed E-state index contributed by atoms with van der Waals surface area (Å²) in [5, 5.41) is 10.2. The summed E-state index contributed by atoms with van der Waals surface area (Å²) in [6.07, 6.45) is 0.458. The van der Waals surface area contributed by atoms with Gasteiger partial charge in [0.25, 0.3) is 5.91 Å². The van der Waals surface area contributed by atoms with Crippen molar-refractivity contribution in [2.75, 3.05) is 11.5 Å². The van der Waals surface area contributed by atoms with Crippen molar-refractivity contribution in [3.05, 3.63) is 28.4 Å². The van der Waals surface area contributed by atoms with Crippen molar-refractivity contribution >= 4 is 42.6 Å². The van der Waals surface area contributed by atoms with E-state index in [4.69, 9.17) is 0 Å². The van der Waals surface area contributed by atoms with Crippen molar-refractivity contribution < 1.29 is 13.2 Å². The van der Waals surface area contributed by atoms with Crippen molar-refractivity contribution in [1.82, 2.24) is 15.5 Å². The van der Waals surface area contributed by atoms with Crippen LogP contribution in [-0.2, 0) is 9.84 Å². The van der Waals surface area contributed by atoms with E-state index >= 15 is 0 Å². The molecule has 0 aliphatic carbocycles. The minimum Gasteiger partial charge on any atom is -0.347 e. The van der Waals surface area contributed by atoms with Crippen LogP contribution in [0.5, 0.6) is 0 Å². The lowest BCUT2D eigenvalue weighted by molar-refractivity contribution is 0.0937. The third-order valence-corrected chi connectivity index (χ3v) is 5.57. The molecule has 1 unspecified atom stereocenters. The molecular weight excluding hydrogens is 346 g/mol. The van der Waals surface area contributed by atoms with E-state index in [1.165, 1.54) is 0 Å². The standard InChI is InChI=1S/C12H12BrN3O3S/c13-7-1-2-10-9(5-7)11(16-15-10)12(17)14-8-3-4-20(18,19)6-8/h1-2,5,8H,3-4,6H2,(H,14,17)(H,15,16). The minimum atomic E-state index is -3.01. The molecule has 8 heteroatoms. The number of aromatic nitrogens is 2. The van der Waals surface area contributed by atoms with Gasteiger partial charge >= 0.3 is 0 Å². The highest BCUT2D eigenvalue weighted by Crippen LogP contribution is 2.21. The zero-order valence-electron chi connectivity index (χ0n) is 10.4. The summed E-state index contributed by atoms with van der Waals surface area (Å²) < 4.78 is 23.6. The number of amides is 1. The van der Waals surface area contributed by atoms with Gasteiger partial charge < -0.3 is 5.32 Å². The molecule has 1 atom stereocenters. The molecule has 106 valence electrons. The average molecular weight is 358 g/mol. The van der Waals surface area contributed by atoms with Gasteiger partial charge in [0.15, 0.2) is 15.5 Å². The van der Waals surface area contributed by atoms with Gasteiger partial charge in [-0.15, -0.1) is 0 Å². The van der Waals surface area contributed by atoms with Crippen LogP contribution in [0.3, 0.4) is 0 Å². The zero-order chi connectivity index (χ0) is 14.3. The Morgan fingerprint density at radius 1 is 1.45 bits per heavy atom. The van der Waals surface area contributed by atoms with E-state index in [2.05, 4.69) is 31.4 Å². The first kappa shape index (κ1) is 13.6. The van der Waals surface area contributed by atoms with Crippen LogP contribution < -0.4 is 5.32 Å². The van der Waals surface area contributed by atoms with Crippen LogP contribution in [0.4, 0.5) is 0 Å². The molecule has 6 nitrogen and oxygen atoms in total. The van der Waals surface area contributed by atoms with Crippen LogP contribution in [-0.4, -0.2) is 42.1 Å². The molecular formula is C12H12BrN3O3S. The Kier molecular flexibility index (Phi) is 3.29. The molecule has 2 N–H and O–H groups in total. The predicted octanol–water partition coefficient (Wildman–Crippen LogP) is 1.24. The monoisotopic (exact) mass is 357 g/mol. The van der Waals surface area contributed by atoms with Crippen LogP contribution >= 0.6 is 15.9 Å². The first-order chi connectivity index (χ1) is 9.44. The maximum absolute atomic E-state index is 12.2. The third-order valence-electron chi connectivity index (χ3n) is 3.31. The number of halogens is 1. The molecule has 2 aromatic rings. The maximum atomic E-state index is 12.2. The van der Waals surface area contributed by atoms with E-state index < -0.39 is 9.84 Å². The molecule has 0 spiro atoms. The smallest absolute Gasteiger partial charge is 0.272 e. The lowest BCUT2D eigenvalue weighted by Crippen LogP contribution is -2.35. The van der Waals surface area contributed by atoms with Crippen molar-refractivity contribution in [3.63, 3.8) is 0 Å². The number of carbonyl (C=O) groups excluding carboxylic acids is 1. The van der Waals surface area contributed by atoms with E-state index in [9.17, 15) is 13.2 Å². The number of aromatic amines is 1. The molecule has 1 saturated heterocycles. The summed E-state index contributed by atoms with van der Waals surface area (Å²) in [5.74, 6) is -0.216. The molecule has 1 aromatic heterocycles. The lowest BCUT2D eigenvalue weighted by Gasteiger charge is -2.09. The molecule has 3 rings (SSSR count). The molecule has 1 amide bonds. The summed E-state index contributed by atoms with van der Waals surface area (Å²) in [6.45, 7) is 0. The predicted molar refractivity (Wildman–Crippen MR) is 78.3 cm³/mol. The van der Waals surface area contributed by atoms with E-state index in [0.29, 0.717) is 11.8 Å². The molecule has 1 aromatic carbocycles. The summed E-state index contributed by atoms with van der Waals surface area (Å²) in [6, 6.07) is 5.15. The Hall–Kier alpha value is -1.41. The number of H-pyrrole nitrogens is 1. The van der Waals surface area contributed by atoms with E-state index in [1.807, 2.05) is 12.1 Å².